The summed E-state index contributed by atoms with van der Waals surface area (Å²) in [5.74, 6) is 0.509. The summed E-state index contributed by atoms with van der Waals surface area (Å²) in [5, 5.41) is 8.98. The second-order valence-corrected chi connectivity index (χ2v) is 5.59. The summed E-state index contributed by atoms with van der Waals surface area (Å²) in [6, 6.07) is 0. The van der Waals surface area contributed by atoms with Crippen LogP contribution in [0, 0.1) is 0 Å². The number of aliphatic hydroxyl groups excluding tert-OH is 1. The molecule has 0 aliphatic heterocycles. The fraction of sp³-hybridized carbons (Fsp3) is 0.600. The maximum absolute atomic E-state index is 12.3. The van der Waals surface area contributed by atoms with Gasteiger partial charge in [0.1, 0.15) is 5.65 Å². The minimum Gasteiger partial charge on any atom is -0.396 e. The minimum atomic E-state index is -0.0643. The molecule has 108 valence electrons. The SMILES string of the molecule is O=c1n(CCCO)cc(C2CCCCC2)c2nccn12. The van der Waals surface area contributed by atoms with Crippen molar-refractivity contribution in [1.82, 2.24) is 14.0 Å². The van der Waals surface area contributed by atoms with Crippen LogP contribution in [-0.2, 0) is 6.54 Å². The maximum Gasteiger partial charge on any atom is 0.333 e. The average molecular weight is 275 g/mol. The third kappa shape index (κ3) is 2.38. The Morgan fingerprint density at radius 2 is 2.10 bits per heavy atom. The standard InChI is InChI=1S/C15H21N3O2/c19-10-4-8-17-11-13(12-5-2-1-3-6-12)14-16-7-9-18(14)15(17)20/h7,9,11-12,19H,1-6,8,10H2. The Bertz CT molecular complexity index is 638. The quantitative estimate of drug-likeness (QED) is 0.927. The molecule has 0 radical (unpaired) electrons. The van der Waals surface area contributed by atoms with Gasteiger partial charge in [-0.05, 0) is 25.2 Å². The number of aliphatic hydroxyl groups is 1. The monoisotopic (exact) mass is 275 g/mol. The van der Waals surface area contributed by atoms with E-state index >= 15 is 0 Å². The number of hydrogen-bond donors (Lipinski definition) is 1. The minimum absolute atomic E-state index is 0.0643. The van der Waals surface area contributed by atoms with Crippen LogP contribution in [0.5, 0.6) is 0 Å². The molecule has 5 nitrogen and oxygen atoms in total. The molecule has 1 aliphatic rings. The first-order chi connectivity index (χ1) is 9.81. The lowest BCUT2D eigenvalue weighted by Crippen LogP contribution is -2.28. The van der Waals surface area contributed by atoms with Gasteiger partial charge < -0.3 is 5.11 Å². The largest absolute Gasteiger partial charge is 0.396 e. The van der Waals surface area contributed by atoms with Crippen LogP contribution in [-0.4, -0.2) is 25.7 Å². The van der Waals surface area contributed by atoms with Crippen molar-refractivity contribution in [2.45, 2.75) is 51.0 Å². The summed E-state index contributed by atoms with van der Waals surface area (Å²) in [6.45, 7) is 0.663. The van der Waals surface area contributed by atoms with Crippen LogP contribution in [0.2, 0.25) is 0 Å². The number of hydrogen-bond acceptors (Lipinski definition) is 3. The van der Waals surface area contributed by atoms with E-state index in [1.54, 1.807) is 21.4 Å². The van der Waals surface area contributed by atoms with Crippen molar-refractivity contribution in [3.05, 3.63) is 34.6 Å². The van der Waals surface area contributed by atoms with Crippen molar-refractivity contribution in [3.63, 3.8) is 0 Å². The zero-order valence-electron chi connectivity index (χ0n) is 11.7. The van der Waals surface area contributed by atoms with Gasteiger partial charge in [-0.15, -0.1) is 0 Å². The number of aromatic nitrogens is 3. The summed E-state index contributed by atoms with van der Waals surface area (Å²) in [5.41, 5.74) is 1.93. The molecule has 5 heteroatoms. The van der Waals surface area contributed by atoms with Gasteiger partial charge in [0.25, 0.3) is 0 Å². The highest BCUT2D eigenvalue weighted by molar-refractivity contribution is 5.48. The van der Waals surface area contributed by atoms with Crippen molar-refractivity contribution < 1.29 is 5.11 Å². The predicted octanol–water partition coefficient (Wildman–Crippen LogP) is 1.93. The van der Waals surface area contributed by atoms with Crippen molar-refractivity contribution >= 4 is 5.65 Å². The molecule has 0 spiro atoms. The van der Waals surface area contributed by atoms with Gasteiger partial charge in [0.05, 0.1) is 0 Å². The van der Waals surface area contributed by atoms with Crippen LogP contribution in [0.25, 0.3) is 5.65 Å². The average Bonchev–Trinajstić information content (AvgIpc) is 2.97. The fourth-order valence-electron chi connectivity index (χ4n) is 3.19. The highest BCUT2D eigenvalue weighted by Crippen LogP contribution is 2.33. The predicted molar refractivity (Wildman–Crippen MR) is 77.0 cm³/mol. The highest BCUT2D eigenvalue weighted by Gasteiger charge is 2.20. The number of nitrogens with zero attached hydrogens (tertiary/aromatic N) is 3. The first-order valence-electron chi connectivity index (χ1n) is 7.48. The van der Waals surface area contributed by atoms with E-state index in [-0.39, 0.29) is 12.3 Å². The van der Waals surface area contributed by atoms with Crippen LogP contribution < -0.4 is 5.69 Å². The Kier molecular flexibility index (Phi) is 3.87. The zero-order chi connectivity index (χ0) is 13.9. The summed E-state index contributed by atoms with van der Waals surface area (Å²) in [6.07, 6.45) is 12.2. The van der Waals surface area contributed by atoms with Crippen LogP contribution in [0.1, 0.15) is 50.0 Å². The molecular formula is C15H21N3O2. The van der Waals surface area contributed by atoms with Crippen LogP contribution in [0.4, 0.5) is 0 Å². The molecule has 2 heterocycles. The van der Waals surface area contributed by atoms with Gasteiger partial charge in [-0.3, -0.25) is 8.97 Å². The molecule has 0 atom stereocenters. The third-order valence-electron chi connectivity index (χ3n) is 4.25. The van der Waals surface area contributed by atoms with Gasteiger partial charge >= 0.3 is 5.69 Å². The van der Waals surface area contributed by atoms with Gasteiger partial charge in [-0.25, -0.2) is 9.78 Å². The Hall–Kier alpha value is -1.62. The van der Waals surface area contributed by atoms with E-state index in [1.165, 1.54) is 37.7 Å². The highest BCUT2D eigenvalue weighted by atomic mass is 16.3. The Morgan fingerprint density at radius 1 is 1.30 bits per heavy atom. The Morgan fingerprint density at radius 3 is 2.85 bits per heavy atom. The van der Waals surface area contributed by atoms with Crippen LogP contribution in [0.3, 0.4) is 0 Å². The molecule has 0 saturated heterocycles. The number of fused-ring (bicyclic) bond motifs is 1. The second-order valence-electron chi connectivity index (χ2n) is 5.59. The lowest BCUT2D eigenvalue weighted by Gasteiger charge is -2.23. The smallest absolute Gasteiger partial charge is 0.333 e. The van der Waals surface area contributed by atoms with Crippen LogP contribution in [0.15, 0.2) is 23.4 Å². The lowest BCUT2D eigenvalue weighted by molar-refractivity contribution is 0.278. The summed E-state index contributed by atoms with van der Waals surface area (Å²) < 4.78 is 3.36. The molecule has 0 amide bonds. The molecular weight excluding hydrogens is 254 g/mol. The molecule has 20 heavy (non-hydrogen) atoms. The van der Waals surface area contributed by atoms with E-state index in [2.05, 4.69) is 4.98 Å². The van der Waals surface area contributed by atoms with E-state index in [0.717, 1.165) is 5.65 Å². The van der Waals surface area contributed by atoms with Crippen LogP contribution >= 0.6 is 0 Å². The molecule has 1 aliphatic carbocycles. The van der Waals surface area contributed by atoms with Gasteiger partial charge in [0.2, 0.25) is 0 Å². The topological polar surface area (TPSA) is 59.5 Å². The second kappa shape index (κ2) is 5.79. The molecule has 3 rings (SSSR count). The number of rotatable bonds is 4. The maximum atomic E-state index is 12.3. The van der Waals surface area contributed by atoms with Gasteiger partial charge in [-0.2, -0.15) is 0 Å². The first kappa shape index (κ1) is 13.4. The molecule has 1 fully saturated rings. The van der Waals surface area contributed by atoms with Gasteiger partial charge in [-0.1, -0.05) is 19.3 Å². The molecule has 1 N–H and O–H groups in total. The normalized spacial score (nSPS) is 16.9. The van der Waals surface area contributed by atoms with Crippen molar-refractivity contribution in [2.75, 3.05) is 6.61 Å². The van der Waals surface area contributed by atoms with E-state index in [9.17, 15) is 4.79 Å². The lowest BCUT2D eigenvalue weighted by atomic mass is 9.85. The van der Waals surface area contributed by atoms with Gasteiger partial charge in [0, 0.05) is 37.3 Å². The Labute approximate surface area is 117 Å². The number of aryl methyl sites for hydroxylation is 1. The number of imidazole rings is 1. The molecule has 0 unspecified atom stereocenters. The Balaban J connectivity index is 2.07. The van der Waals surface area contributed by atoms with E-state index < -0.39 is 0 Å². The summed E-state index contributed by atoms with van der Waals surface area (Å²) >= 11 is 0. The molecule has 2 aromatic rings. The van der Waals surface area contributed by atoms with E-state index in [1.807, 2.05) is 6.20 Å². The molecule has 2 aromatic heterocycles. The van der Waals surface area contributed by atoms with Crippen molar-refractivity contribution in [3.8, 4) is 0 Å². The van der Waals surface area contributed by atoms with E-state index in [4.69, 9.17) is 5.11 Å². The third-order valence-corrected chi connectivity index (χ3v) is 4.25. The fourth-order valence-corrected chi connectivity index (χ4v) is 3.19. The van der Waals surface area contributed by atoms with E-state index in [0.29, 0.717) is 18.9 Å². The molecule has 1 saturated carbocycles. The summed E-state index contributed by atoms with van der Waals surface area (Å²) in [7, 11) is 0. The molecule has 0 aromatic carbocycles. The first-order valence-corrected chi connectivity index (χ1v) is 7.48. The van der Waals surface area contributed by atoms with Gasteiger partial charge in [0.15, 0.2) is 0 Å². The molecule has 0 bridgehead atoms. The van der Waals surface area contributed by atoms with Crippen molar-refractivity contribution in [2.24, 2.45) is 0 Å². The summed E-state index contributed by atoms with van der Waals surface area (Å²) in [4.78, 5) is 16.7. The zero-order valence-corrected chi connectivity index (χ0v) is 11.7. The van der Waals surface area contributed by atoms with Crippen molar-refractivity contribution in [1.29, 1.82) is 0 Å².